The van der Waals surface area contributed by atoms with Gasteiger partial charge in [0, 0.05) is 43.7 Å². The average molecular weight is 277 g/mol. The van der Waals surface area contributed by atoms with Crippen LogP contribution in [0.3, 0.4) is 0 Å². The number of aromatic nitrogens is 1. The first-order valence-electron chi connectivity index (χ1n) is 6.93. The van der Waals surface area contributed by atoms with E-state index in [1.54, 1.807) is 11.3 Å². The third kappa shape index (κ3) is 2.81. The Morgan fingerprint density at radius 3 is 2.74 bits per heavy atom. The topological polar surface area (TPSA) is 36.4 Å². The molecule has 1 atom stereocenters. The number of hydrogen-bond acceptors (Lipinski definition) is 4. The molecule has 1 aliphatic heterocycles. The molecule has 0 spiro atoms. The van der Waals surface area contributed by atoms with Crippen molar-refractivity contribution in [3.05, 3.63) is 23.7 Å². The van der Waals surface area contributed by atoms with E-state index in [9.17, 15) is 4.79 Å². The third-order valence-corrected chi connectivity index (χ3v) is 4.73. The van der Waals surface area contributed by atoms with Crippen LogP contribution in [0.25, 0.3) is 0 Å². The van der Waals surface area contributed by atoms with Crippen LogP contribution in [0.5, 0.6) is 0 Å². The molecule has 0 unspecified atom stereocenters. The van der Waals surface area contributed by atoms with Gasteiger partial charge < -0.3 is 9.80 Å². The van der Waals surface area contributed by atoms with Gasteiger partial charge in [0.2, 0.25) is 5.91 Å². The molecule has 3 rings (SSSR count). The maximum Gasteiger partial charge on any atom is 0.226 e. The minimum absolute atomic E-state index is 0.219. The number of carbonyl (C=O) groups is 1. The van der Waals surface area contributed by atoms with Crippen molar-refractivity contribution in [2.24, 2.45) is 5.92 Å². The molecule has 1 amide bonds. The number of thiazole rings is 1. The van der Waals surface area contributed by atoms with Crippen molar-refractivity contribution >= 4 is 22.4 Å². The molecule has 0 saturated carbocycles. The quantitative estimate of drug-likeness (QED) is 0.777. The molecule has 0 aromatic carbocycles. The Kier molecular flexibility index (Phi) is 3.82. The summed E-state index contributed by atoms with van der Waals surface area (Å²) in [5.74, 6) is 0.569. The van der Waals surface area contributed by atoms with Gasteiger partial charge in [-0.3, -0.25) is 4.79 Å². The molecule has 0 N–H and O–H groups in total. The van der Waals surface area contributed by atoms with Crippen LogP contribution in [0.2, 0.25) is 0 Å². The molecule has 1 aromatic heterocycles. The summed E-state index contributed by atoms with van der Waals surface area (Å²) in [4.78, 5) is 21.0. The van der Waals surface area contributed by atoms with Gasteiger partial charge in [0.05, 0.1) is 0 Å². The molecule has 102 valence electrons. The van der Waals surface area contributed by atoms with Gasteiger partial charge in [0.15, 0.2) is 5.13 Å². The Hall–Kier alpha value is -1.36. The first-order valence-corrected chi connectivity index (χ1v) is 7.81. The van der Waals surface area contributed by atoms with Gasteiger partial charge in [-0.25, -0.2) is 4.98 Å². The van der Waals surface area contributed by atoms with Gasteiger partial charge in [-0.15, -0.1) is 11.3 Å². The molecular formula is C14H19N3OS. The number of nitrogens with zero attached hydrogens (tertiary/aromatic N) is 3. The normalized spacial score (nSPS) is 23.7. The van der Waals surface area contributed by atoms with Crippen molar-refractivity contribution in [1.82, 2.24) is 9.88 Å². The average Bonchev–Trinajstić information content (AvgIpc) is 3.02. The number of amides is 1. The van der Waals surface area contributed by atoms with Crippen molar-refractivity contribution in [3.8, 4) is 0 Å². The number of piperazine rings is 1. The minimum Gasteiger partial charge on any atom is -0.345 e. The Morgan fingerprint density at radius 2 is 2.11 bits per heavy atom. The number of anilines is 1. The number of allylic oxidation sites excluding steroid dienone is 2. The van der Waals surface area contributed by atoms with Crippen LogP contribution in [0.4, 0.5) is 5.13 Å². The first-order chi connectivity index (χ1) is 9.34. The highest BCUT2D eigenvalue weighted by Gasteiger charge is 2.27. The molecule has 19 heavy (non-hydrogen) atoms. The van der Waals surface area contributed by atoms with E-state index in [1.165, 1.54) is 0 Å². The van der Waals surface area contributed by atoms with Crippen LogP contribution in [0.1, 0.15) is 19.3 Å². The van der Waals surface area contributed by atoms with Gasteiger partial charge in [-0.05, 0) is 19.3 Å². The van der Waals surface area contributed by atoms with E-state index in [1.807, 2.05) is 16.5 Å². The van der Waals surface area contributed by atoms with E-state index in [4.69, 9.17) is 0 Å². The lowest BCUT2D eigenvalue weighted by Crippen LogP contribution is -2.50. The van der Waals surface area contributed by atoms with Crippen molar-refractivity contribution in [3.63, 3.8) is 0 Å². The molecule has 1 fully saturated rings. The fraction of sp³-hybridized carbons (Fsp3) is 0.571. The monoisotopic (exact) mass is 277 g/mol. The summed E-state index contributed by atoms with van der Waals surface area (Å²) in [5.41, 5.74) is 0. The van der Waals surface area contributed by atoms with Crippen molar-refractivity contribution in [1.29, 1.82) is 0 Å². The second kappa shape index (κ2) is 5.74. The number of carbonyl (C=O) groups excluding carboxylic acids is 1. The fourth-order valence-electron chi connectivity index (χ4n) is 2.77. The standard InChI is InChI=1S/C14H19N3OS/c18-13(12-4-2-1-3-5-12)16-7-9-17(10-8-16)14-15-6-11-19-14/h1-2,6,11-12H,3-5,7-10H2/t12-/m0/s1. The lowest BCUT2D eigenvalue weighted by Gasteiger charge is -2.36. The maximum atomic E-state index is 12.4. The maximum absolute atomic E-state index is 12.4. The summed E-state index contributed by atoms with van der Waals surface area (Å²) in [6.07, 6.45) is 9.16. The van der Waals surface area contributed by atoms with Crippen molar-refractivity contribution in [2.75, 3.05) is 31.1 Å². The van der Waals surface area contributed by atoms with Crippen molar-refractivity contribution < 1.29 is 4.79 Å². The lowest BCUT2D eigenvalue weighted by atomic mass is 9.93. The Morgan fingerprint density at radius 1 is 1.26 bits per heavy atom. The third-order valence-electron chi connectivity index (χ3n) is 3.90. The van der Waals surface area contributed by atoms with E-state index in [0.29, 0.717) is 5.91 Å². The zero-order chi connectivity index (χ0) is 13.1. The van der Waals surface area contributed by atoms with Crippen LogP contribution < -0.4 is 4.90 Å². The molecule has 2 heterocycles. The Labute approximate surface area is 117 Å². The van der Waals surface area contributed by atoms with Crippen molar-refractivity contribution in [2.45, 2.75) is 19.3 Å². The summed E-state index contributed by atoms with van der Waals surface area (Å²) >= 11 is 1.67. The van der Waals surface area contributed by atoms with Crippen LogP contribution in [0.15, 0.2) is 23.7 Å². The Balaban J connectivity index is 1.55. The van der Waals surface area contributed by atoms with Crippen LogP contribution >= 0.6 is 11.3 Å². The molecule has 1 saturated heterocycles. The van der Waals surface area contributed by atoms with Gasteiger partial charge in [-0.1, -0.05) is 12.2 Å². The van der Waals surface area contributed by atoms with Gasteiger partial charge in [0.1, 0.15) is 0 Å². The summed E-state index contributed by atoms with van der Waals surface area (Å²) in [6, 6.07) is 0. The second-order valence-electron chi connectivity index (χ2n) is 5.11. The molecule has 1 aromatic rings. The summed E-state index contributed by atoms with van der Waals surface area (Å²) in [6.45, 7) is 3.47. The smallest absolute Gasteiger partial charge is 0.226 e. The minimum atomic E-state index is 0.219. The molecule has 2 aliphatic rings. The van der Waals surface area contributed by atoms with E-state index >= 15 is 0 Å². The molecular weight excluding hydrogens is 258 g/mol. The predicted molar refractivity (Wildman–Crippen MR) is 77.4 cm³/mol. The molecule has 1 aliphatic carbocycles. The SMILES string of the molecule is O=C([C@H]1CC=CCC1)N1CCN(c2nccs2)CC1. The van der Waals surface area contributed by atoms with E-state index in [-0.39, 0.29) is 5.92 Å². The lowest BCUT2D eigenvalue weighted by molar-refractivity contribution is -0.136. The number of rotatable bonds is 2. The summed E-state index contributed by atoms with van der Waals surface area (Å²) in [5, 5.41) is 3.08. The first kappa shape index (κ1) is 12.7. The predicted octanol–water partition coefficient (Wildman–Crippen LogP) is 2.15. The summed E-state index contributed by atoms with van der Waals surface area (Å²) in [7, 11) is 0. The molecule has 4 nitrogen and oxygen atoms in total. The second-order valence-corrected chi connectivity index (χ2v) is 5.98. The van der Waals surface area contributed by atoms with E-state index in [0.717, 1.165) is 50.6 Å². The van der Waals surface area contributed by atoms with Gasteiger partial charge >= 0.3 is 0 Å². The molecule has 5 heteroatoms. The molecule has 0 radical (unpaired) electrons. The largest absolute Gasteiger partial charge is 0.345 e. The summed E-state index contributed by atoms with van der Waals surface area (Å²) < 4.78 is 0. The van der Waals surface area contributed by atoms with E-state index in [2.05, 4.69) is 22.0 Å². The van der Waals surface area contributed by atoms with Gasteiger partial charge in [-0.2, -0.15) is 0 Å². The van der Waals surface area contributed by atoms with E-state index < -0.39 is 0 Å². The number of hydrogen-bond donors (Lipinski definition) is 0. The highest BCUT2D eigenvalue weighted by Crippen LogP contribution is 2.23. The highest BCUT2D eigenvalue weighted by molar-refractivity contribution is 7.13. The van der Waals surface area contributed by atoms with Gasteiger partial charge in [0.25, 0.3) is 0 Å². The van der Waals surface area contributed by atoms with Crippen LogP contribution in [-0.4, -0.2) is 42.0 Å². The van der Waals surface area contributed by atoms with Crippen LogP contribution in [-0.2, 0) is 4.79 Å². The molecule has 0 bridgehead atoms. The zero-order valence-corrected chi connectivity index (χ0v) is 11.8. The van der Waals surface area contributed by atoms with Crippen LogP contribution in [0, 0.1) is 5.92 Å². The highest BCUT2D eigenvalue weighted by atomic mass is 32.1. The Bertz CT molecular complexity index is 449. The zero-order valence-electron chi connectivity index (χ0n) is 11.0. The fourth-order valence-corrected chi connectivity index (χ4v) is 3.46.